The van der Waals surface area contributed by atoms with Gasteiger partial charge >= 0.3 is 12.1 Å². The van der Waals surface area contributed by atoms with Crippen molar-refractivity contribution in [2.75, 3.05) is 19.8 Å². The molecule has 0 aliphatic heterocycles. The quantitative estimate of drug-likeness (QED) is 0.276. The van der Waals surface area contributed by atoms with E-state index in [-0.39, 0.29) is 25.5 Å². The van der Waals surface area contributed by atoms with Crippen molar-refractivity contribution >= 4 is 12.1 Å². The zero-order chi connectivity index (χ0) is 17.2. The van der Waals surface area contributed by atoms with Gasteiger partial charge in [-0.15, -0.1) is 0 Å². The maximum atomic E-state index is 11.4. The van der Waals surface area contributed by atoms with Crippen LogP contribution in [0.3, 0.4) is 0 Å². The van der Waals surface area contributed by atoms with Crippen molar-refractivity contribution in [2.24, 2.45) is 0 Å². The van der Waals surface area contributed by atoms with Crippen LogP contribution < -0.4 is 5.32 Å². The molecule has 0 aromatic rings. The summed E-state index contributed by atoms with van der Waals surface area (Å²) in [6, 6.07) is 0. The van der Waals surface area contributed by atoms with Gasteiger partial charge in [-0.3, -0.25) is 4.79 Å². The molecule has 0 radical (unpaired) electrons. The lowest BCUT2D eigenvalue weighted by atomic mass is 10.1. The number of unbranched alkanes of at least 4 members (excludes halogenated alkanes) is 8. The molecule has 0 aliphatic carbocycles. The Morgan fingerprint density at radius 2 is 1.57 bits per heavy atom. The Bertz CT molecular complexity index is 318. The van der Waals surface area contributed by atoms with Crippen molar-refractivity contribution in [3.05, 3.63) is 12.7 Å². The number of hydrogen-bond donors (Lipinski definition) is 1. The van der Waals surface area contributed by atoms with Gasteiger partial charge in [0, 0.05) is 6.54 Å². The topological polar surface area (TPSA) is 64.6 Å². The number of rotatable bonds is 15. The molecule has 5 heteroatoms. The SMILES string of the molecule is C=CCOC(=O)NCCC(=O)OCCCCCCCCCCC. The fourth-order valence-electron chi connectivity index (χ4n) is 2.12. The highest BCUT2D eigenvalue weighted by molar-refractivity contribution is 5.71. The van der Waals surface area contributed by atoms with Crippen LogP contribution in [0.25, 0.3) is 0 Å². The first kappa shape index (κ1) is 21.5. The van der Waals surface area contributed by atoms with Crippen molar-refractivity contribution < 1.29 is 19.1 Å². The number of carbonyl (C=O) groups excluding carboxylic acids is 2. The van der Waals surface area contributed by atoms with E-state index >= 15 is 0 Å². The lowest BCUT2D eigenvalue weighted by molar-refractivity contribution is -0.143. The third-order valence-electron chi connectivity index (χ3n) is 3.44. The third kappa shape index (κ3) is 16.7. The van der Waals surface area contributed by atoms with Crippen LogP contribution >= 0.6 is 0 Å². The Hall–Kier alpha value is -1.52. The predicted molar refractivity (Wildman–Crippen MR) is 92.4 cm³/mol. The molecular formula is C18H33NO4. The zero-order valence-corrected chi connectivity index (χ0v) is 14.6. The van der Waals surface area contributed by atoms with Crippen molar-refractivity contribution in [3.8, 4) is 0 Å². The first-order chi connectivity index (χ1) is 11.2. The highest BCUT2D eigenvalue weighted by atomic mass is 16.5. The summed E-state index contributed by atoms with van der Waals surface area (Å²) in [6.07, 6.45) is 12.2. The number of alkyl carbamates (subject to hydrolysis) is 1. The Morgan fingerprint density at radius 1 is 0.957 bits per heavy atom. The first-order valence-corrected chi connectivity index (χ1v) is 8.87. The van der Waals surface area contributed by atoms with Crippen LogP contribution in [0.4, 0.5) is 4.79 Å². The molecule has 1 N–H and O–H groups in total. The van der Waals surface area contributed by atoms with E-state index in [9.17, 15) is 9.59 Å². The van der Waals surface area contributed by atoms with Crippen LogP contribution in [-0.4, -0.2) is 31.8 Å². The summed E-state index contributed by atoms with van der Waals surface area (Å²) < 4.78 is 9.84. The van der Waals surface area contributed by atoms with E-state index in [1.165, 1.54) is 51.0 Å². The summed E-state index contributed by atoms with van der Waals surface area (Å²) in [5, 5.41) is 2.48. The molecule has 0 aliphatic rings. The molecule has 0 rings (SSSR count). The van der Waals surface area contributed by atoms with E-state index in [1.54, 1.807) is 0 Å². The van der Waals surface area contributed by atoms with E-state index in [0.717, 1.165) is 12.8 Å². The van der Waals surface area contributed by atoms with Gasteiger partial charge in [-0.25, -0.2) is 4.79 Å². The van der Waals surface area contributed by atoms with Gasteiger partial charge in [0.15, 0.2) is 0 Å². The molecular weight excluding hydrogens is 294 g/mol. The van der Waals surface area contributed by atoms with Gasteiger partial charge in [0.25, 0.3) is 0 Å². The van der Waals surface area contributed by atoms with Crippen molar-refractivity contribution in [2.45, 2.75) is 71.1 Å². The van der Waals surface area contributed by atoms with Gasteiger partial charge in [0.2, 0.25) is 0 Å². The molecule has 0 aromatic heterocycles. The van der Waals surface area contributed by atoms with Crippen LogP contribution in [0.2, 0.25) is 0 Å². The summed E-state index contributed by atoms with van der Waals surface area (Å²) in [5.74, 6) is -0.284. The van der Waals surface area contributed by atoms with Gasteiger partial charge in [0.05, 0.1) is 13.0 Å². The molecule has 134 valence electrons. The number of nitrogens with one attached hydrogen (secondary N) is 1. The molecule has 0 unspecified atom stereocenters. The molecule has 0 spiro atoms. The number of hydrogen-bond acceptors (Lipinski definition) is 4. The number of esters is 1. The van der Waals surface area contributed by atoms with Crippen LogP contribution in [0.1, 0.15) is 71.1 Å². The van der Waals surface area contributed by atoms with Gasteiger partial charge in [-0.1, -0.05) is 70.9 Å². The average Bonchev–Trinajstić information content (AvgIpc) is 2.54. The number of carbonyl (C=O) groups is 2. The Morgan fingerprint density at radius 3 is 2.17 bits per heavy atom. The zero-order valence-electron chi connectivity index (χ0n) is 14.6. The molecule has 0 saturated carbocycles. The van der Waals surface area contributed by atoms with E-state index in [1.807, 2.05) is 0 Å². The largest absolute Gasteiger partial charge is 0.466 e. The maximum Gasteiger partial charge on any atom is 0.407 e. The van der Waals surface area contributed by atoms with Gasteiger partial charge < -0.3 is 14.8 Å². The molecule has 0 fully saturated rings. The van der Waals surface area contributed by atoms with Crippen LogP contribution in [0.5, 0.6) is 0 Å². The second-order valence-electron chi connectivity index (χ2n) is 5.61. The summed E-state index contributed by atoms with van der Waals surface area (Å²) in [7, 11) is 0. The lowest BCUT2D eigenvalue weighted by Crippen LogP contribution is -2.27. The summed E-state index contributed by atoms with van der Waals surface area (Å²) >= 11 is 0. The predicted octanol–water partition coefficient (Wildman–Crippen LogP) is 4.36. The lowest BCUT2D eigenvalue weighted by Gasteiger charge is -2.06. The standard InChI is InChI=1S/C18H33NO4/c1-3-5-6-7-8-9-10-11-12-16-22-17(20)13-14-19-18(21)23-15-4-2/h4H,2-3,5-16H2,1H3,(H,19,21). The molecule has 23 heavy (non-hydrogen) atoms. The highest BCUT2D eigenvalue weighted by Gasteiger charge is 2.05. The van der Waals surface area contributed by atoms with E-state index < -0.39 is 6.09 Å². The van der Waals surface area contributed by atoms with Crippen molar-refractivity contribution in [3.63, 3.8) is 0 Å². The summed E-state index contributed by atoms with van der Waals surface area (Å²) in [6.45, 7) is 6.53. The van der Waals surface area contributed by atoms with Crippen molar-refractivity contribution in [1.82, 2.24) is 5.32 Å². The van der Waals surface area contributed by atoms with Crippen LogP contribution in [-0.2, 0) is 14.3 Å². The van der Waals surface area contributed by atoms with Gasteiger partial charge in [-0.2, -0.15) is 0 Å². The van der Waals surface area contributed by atoms with E-state index in [2.05, 4.69) is 18.8 Å². The second kappa shape index (κ2) is 16.8. The van der Waals surface area contributed by atoms with E-state index in [4.69, 9.17) is 9.47 Å². The second-order valence-corrected chi connectivity index (χ2v) is 5.61. The number of amides is 1. The molecule has 0 bridgehead atoms. The van der Waals surface area contributed by atoms with Crippen LogP contribution in [0.15, 0.2) is 12.7 Å². The molecule has 5 nitrogen and oxygen atoms in total. The molecule has 1 amide bonds. The molecule has 0 atom stereocenters. The van der Waals surface area contributed by atoms with Crippen molar-refractivity contribution in [1.29, 1.82) is 0 Å². The Labute approximate surface area is 140 Å². The smallest absolute Gasteiger partial charge is 0.407 e. The normalized spacial score (nSPS) is 10.1. The van der Waals surface area contributed by atoms with E-state index in [0.29, 0.717) is 6.61 Å². The van der Waals surface area contributed by atoms with Crippen LogP contribution in [0, 0.1) is 0 Å². The third-order valence-corrected chi connectivity index (χ3v) is 3.44. The summed E-state index contributed by atoms with van der Waals surface area (Å²) in [5.41, 5.74) is 0. The maximum absolute atomic E-state index is 11.4. The van der Waals surface area contributed by atoms with Gasteiger partial charge in [0.1, 0.15) is 6.61 Å². The average molecular weight is 327 g/mol. The fraction of sp³-hybridized carbons (Fsp3) is 0.778. The van der Waals surface area contributed by atoms with Gasteiger partial charge in [-0.05, 0) is 6.42 Å². The Kier molecular flexibility index (Phi) is 15.7. The number of ether oxygens (including phenoxy) is 2. The molecule has 0 aromatic carbocycles. The Balaban J connectivity index is 3.27. The minimum atomic E-state index is -0.545. The monoisotopic (exact) mass is 327 g/mol. The molecule has 0 saturated heterocycles. The molecule has 0 heterocycles. The highest BCUT2D eigenvalue weighted by Crippen LogP contribution is 2.09. The minimum absolute atomic E-state index is 0.162. The fourth-order valence-corrected chi connectivity index (χ4v) is 2.12. The minimum Gasteiger partial charge on any atom is -0.466 e. The first-order valence-electron chi connectivity index (χ1n) is 8.87. The summed E-state index contributed by atoms with van der Waals surface area (Å²) in [4.78, 5) is 22.5.